The van der Waals surface area contributed by atoms with Gasteiger partial charge in [0.25, 0.3) is 0 Å². The van der Waals surface area contributed by atoms with Crippen molar-refractivity contribution >= 4 is 22.9 Å². The molecule has 3 heterocycles. The van der Waals surface area contributed by atoms with Gasteiger partial charge in [0.1, 0.15) is 28.6 Å². The van der Waals surface area contributed by atoms with Crippen molar-refractivity contribution in [3.05, 3.63) is 70.2 Å². The number of hydrogen-bond acceptors (Lipinski definition) is 5. The van der Waals surface area contributed by atoms with E-state index < -0.39 is 11.9 Å². The van der Waals surface area contributed by atoms with Crippen molar-refractivity contribution in [2.24, 2.45) is 0 Å². The number of nitrogens with two attached hydrogens (primary N) is 1. The summed E-state index contributed by atoms with van der Waals surface area (Å²) in [6.45, 7) is 9.39. The maximum Gasteiger partial charge on any atom is 0.433 e. The van der Waals surface area contributed by atoms with Crippen LogP contribution in [0.2, 0.25) is 5.02 Å². The molecule has 1 aromatic carbocycles. The Balaban J connectivity index is 1.95. The van der Waals surface area contributed by atoms with Crippen LogP contribution in [0.3, 0.4) is 0 Å². The first-order chi connectivity index (χ1) is 16.4. The molecule has 0 aliphatic carbocycles. The van der Waals surface area contributed by atoms with Crippen LogP contribution < -0.4 is 10.5 Å². The summed E-state index contributed by atoms with van der Waals surface area (Å²) in [5.74, 6) is 1.29. The van der Waals surface area contributed by atoms with Crippen molar-refractivity contribution in [2.45, 2.75) is 52.8 Å². The first-order valence-electron chi connectivity index (χ1n) is 11.0. The second-order valence-corrected chi connectivity index (χ2v) is 9.09. The molecule has 0 amide bonds. The zero-order chi connectivity index (χ0) is 25.7. The SMILES string of the molecule is Cc1c(Cl)cc([C@H](C)c2nc(C)c3c(N)nccn23)c(OC(C)C)c1-c1ccc(C(F)(F)F)nc1. The predicted octanol–water partition coefficient (Wildman–Crippen LogP) is 6.60. The summed E-state index contributed by atoms with van der Waals surface area (Å²) in [5, 5.41) is 0.455. The van der Waals surface area contributed by atoms with E-state index in [0.717, 1.165) is 17.3 Å². The molecule has 0 aliphatic rings. The predicted molar refractivity (Wildman–Crippen MR) is 130 cm³/mol. The third-order valence-electron chi connectivity index (χ3n) is 5.84. The van der Waals surface area contributed by atoms with E-state index in [9.17, 15) is 13.2 Å². The average molecular weight is 504 g/mol. The number of nitrogens with zero attached hydrogens (tertiary/aromatic N) is 4. The average Bonchev–Trinajstić information content (AvgIpc) is 3.13. The number of alkyl halides is 3. The van der Waals surface area contributed by atoms with Gasteiger partial charge in [0.2, 0.25) is 0 Å². The quantitative estimate of drug-likeness (QED) is 0.332. The highest BCUT2D eigenvalue weighted by atomic mass is 35.5. The standard InChI is InChI=1S/C25H25ClF3N5O/c1-12(2)35-22-17(13(3)24-33-15(5)21-23(30)31-8-9-34(21)24)10-18(26)14(4)20(22)16-6-7-19(32-11-16)25(27,28)29/h6-13H,1-5H3,(H2,30,31)/t13-/m0/s1. The lowest BCUT2D eigenvalue weighted by Gasteiger charge is -2.24. The Labute approximate surface area is 205 Å². The molecule has 0 fully saturated rings. The number of nitrogen functional groups attached to an aromatic ring is 1. The number of hydrogen-bond donors (Lipinski definition) is 1. The fraction of sp³-hybridized carbons (Fsp3) is 0.320. The van der Waals surface area contributed by atoms with Crippen LogP contribution in [0.5, 0.6) is 5.75 Å². The molecule has 3 aromatic heterocycles. The molecule has 4 aromatic rings. The van der Waals surface area contributed by atoms with Crippen LogP contribution in [0.1, 0.15) is 55.0 Å². The molecule has 0 bridgehead atoms. The summed E-state index contributed by atoms with van der Waals surface area (Å²) < 4.78 is 47.5. The molecule has 0 saturated heterocycles. The topological polar surface area (TPSA) is 78.3 Å². The number of fused-ring (bicyclic) bond motifs is 1. The van der Waals surface area contributed by atoms with Gasteiger partial charge in [0, 0.05) is 46.2 Å². The van der Waals surface area contributed by atoms with E-state index in [1.165, 1.54) is 12.3 Å². The van der Waals surface area contributed by atoms with E-state index in [1.807, 2.05) is 38.2 Å². The van der Waals surface area contributed by atoms with Gasteiger partial charge < -0.3 is 10.5 Å². The maximum absolute atomic E-state index is 13.1. The minimum Gasteiger partial charge on any atom is -0.490 e. The van der Waals surface area contributed by atoms with E-state index in [4.69, 9.17) is 27.1 Å². The lowest BCUT2D eigenvalue weighted by atomic mass is 9.91. The van der Waals surface area contributed by atoms with Crippen LogP contribution in [0.4, 0.5) is 19.0 Å². The third kappa shape index (κ3) is 4.52. The monoisotopic (exact) mass is 503 g/mol. The fourth-order valence-corrected chi connectivity index (χ4v) is 4.41. The minimum absolute atomic E-state index is 0.207. The fourth-order valence-electron chi connectivity index (χ4n) is 4.20. The van der Waals surface area contributed by atoms with Crippen LogP contribution in [0, 0.1) is 13.8 Å². The highest BCUT2D eigenvalue weighted by Gasteiger charge is 2.33. The molecule has 4 rings (SSSR count). The van der Waals surface area contributed by atoms with Crippen molar-refractivity contribution < 1.29 is 17.9 Å². The molecule has 0 saturated carbocycles. The van der Waals surface area contributed by atoms with E-state index in [-0.39, 0.29) is 12.0 Å². The van der Waals surface area contributed by atoms with Gasteiger partial charge in [-0.25, -0.2) is 9.97 Å². The number of imidazole rings is 1. The van der Waals surface area contributed by atoms with E-state index in [0.29, 0.717) is 44.6 Å². The first-order valence-corrected chi connectivity index (χ1v) is 11.4. The third-order valence-corrected chi connectivity index (χ3v) is 6.23. The number of halogens is 4. The largest absolute Gasteiger partial charge is 0.490 e. The first kappa shape index (κ1) is 24.8. The van der Waals surface area contributed by atoms with E-state index in [1.54, 1.807) is 19.3 Å². The highest BCUT2D eigenvalue weighted by molar-refractivity contribution is 6.32. The zero-order valence-corrected chi connectivity index (χ0v) is 20.7. The Morgan fingerprint density at radius 3 is 2.43 bits per heavy atom. The number of benzene rings is 1. The van der Waals surface area contributed by atoms with Gasteiger partial charge in [-0.15, -0.1) is 0 Å². The lowest BCUT2D eigenvalue weighted by Crippen LogP contribution is -2.13. The number of aryl methyl sites for hydroxylation is 1. The molecular formula is C25H25ClF3N5O. The zero-order valence-electron chi connectivity index (χ0n) is 19.9. The molecule has 10 heteroatoms. The number of aromatic nitrogens is 4. The number of rotatable bonds is 5. The second-order valence-electron chi connectivity index (χ2n) is 8.68. The molecular weight excluding hydrogens is 479 g/mol. The second kappa shape index (κ2) is 9.03. The van der Waals surface area contributed by atoms with Crippen LogP contribution in [0.15, 0.2) is 36.8 Å². The number of ether oxygens (including phenoxy) is 1. The summed E-state index contributed by atoms with van der Waals surface area (Å²) in [6.07, 6.45) is -0.148. The molecule has 0 radical (unpaired) electrons. The van der Waals surface area contributed by atoms with E-state index >= 15 is 0 Å². The van der Waals surface area contributed by atoms with Crippen LogP contribution >= 0.6 is 11.6 Å². The molecule has 2 N–H and O–H groups in total. The van der Waals surface area contributed by atoms with Crippen molar-refractivity contribution in [3.63, 3.8) is 0 Å². The smallest absolute Gasteiger partial charge is 0.433 e. The molecule has 184 valence electrons. The summed E-state index contributed by atoms with van der Waals surface area (Å²) in [5.41, 5.74) is 9.05. The minimum atomic E-state index is -4.53. The van der Waals surface area contributed by atoms with Crippen LogP contribution in [0.25, 0.3) is 16.6 Å². The van der Waals surface area contributed by atoms with Gasteiger partial charge in [-0.2, -0.15) is 13.2 Å². The normalized spacial score (nSPS) is 13.0. The van der Waals surface area contributed by atoms with Gasteiger partial charge in [0.05, 0.1) is 11.8 Å². The molecule has 0 spiro atoms. The Morgan fingerprint density at radius 2 is 1.83 bits per heavy atom. The van der Waals surface area contributed by atoms with Gasteiger partial charge in [-0.3, -0.25) is 9.38 Å². The Hall–Kier alpha value is -3.33. The van der Waals surface area contributed by atoms with Crippen molar-refractivity contribution in [1.82, 2.24) is 19.4 Å². The van der Waals surface area contributed by atoms with Crippen molar-refractivity contribution in [3.8, 4) is 16.9 Å². The summed E-state index contributed by atoms with van der Waals surface area (Å²) in [6, 6.07) is 4.16. The Kier molecular flexibility index (Phi) is 6.40. The van der Waals surface area contributed by atoms with Crippen LogP contribution in [-0.4, -0.2) is 25.5 Å². The van der Waals surface area contributed by atoms with Crippen LogP contribution in [-0.2, 0) is 6.18 Å². The number of pyridine rings is 1. The summed E-state index contributed by atoms with van der Waals surface area (Å²) in [7, 11) is 0. The summed E-state index contributed by atoms with van der Waals surface area (Å²) >= 11 is 6.65. The van der Waals surface area contributed by atoms with Crippen molar-refractivity contribution in [2.75, 3.05) is 5.73 Å². The van der Waals surface area contributed by atoms with Gasteiger partial charge >= 0.3 is 6.18 Å². The van der Waals surface area contributed by atoms with Gasteiger partial charge in [-0.1, -0.05) is 24.6 Å². The Morgan fingerprint density at radius 1 is 1.11 bits per heavy atom. The van der Waals surface area contributed by atoms with Crippen molar-refractivity contribution in [1.29, 1.82) is 0 Å². The van der Waals surface area contributed by atoms with Gasteiger partial charge in [0.15, 0.2) is 0 Å². The molecule has 0 unspecified atom stereocenters. The summed E-state index contributed by atoms with van der Waals surface area (Å²) in [4.78, 5) is 12.5. The number of anilines is 1. The molecule has 0 aliphatic heterocycles. The highest BCUT2D eigenvalue weighted by Crippen LogP contribution is 2.45. The maximum atomic E-state index is 13.1. The lowest BCUT2D eigenvalue weighted by molar-refractivity contribution is -0.141. The molecule has 6 nitrogen and oxygen atoms in total. The molecule has 1 atom stereocenters. The Bertz CT molecular complexity index is 1400. The molecule has 35 heavy (non-hydrogen) atoms. The van der Waals surface area contributed by atoms with Gasteiger partial charge in [-0.05, 0) is 45.4 Å². The van der Waals surface area contributed by atoms with E-state index in [2.05, 4.69) is 9.97 Å².